The van der Waals surface area contributed by atoms with Gasteiger partial charge in [0.05, 0.1) is 6.61 Å². The predicted octanol–water partition coefficient (Wildman–Crippen LogP) is 3.55. The van der Waals surface area contributed by atoms with Gasteiger partial charge < -0.3 is 4.74 Å². The molecule has 17 heavy (non-hydrogen) atoms. The summed E-state index contributed by atoms with van der Waals surface area (Å²) < 4.78 is 5.53. The van der Waals surface area contributed by atoms with E-state index in [4.69, 9.17) is 4.74 Å². The van der Waals surface area contributed by atoms with Crippen LogP contribution >= 0.6 is 0 Å². The fourth-order valence-corrected chi connectivity index (χ4v) is 4.98. The van der Waals surface area contributed by atoms with Crippen molar-refractivity contribution >= 4 is 5.97 Å². The molecule has 4 aliphatic rings. The van der Waals surface area contributed by atoms with Crippen molar-refractivity contribution in [3.05, 3.63) is 0 Å². The lowest BCUT2D eigenvalue weighted by atomic mass is 9.50. The van der Waals surface area contributed by atoms with E-state index in [-0.39, 0.29) is 5.97 Å². The molecule has 2 nitrogen and oxygen atoms in total. The van der Waals surface area contributed by atoms with E-state index >= 15 is 0 Å². The summed E-state index contributed by atoms with van der Waals surface area (Å²) >= 11 is 0. The van der Waals surface area contributed by atoms with Gasteiger partial charge in [-0.25, -0.2) is 0 Å². The molecular formula is C15H24O2. The van der Waals surface area contributed by atoms with Crippen molar-refractivity contribution in [2.24, 2.45) is 23.2 Å². The van der Waals surface area contributed by atoms with Crippen LogP contribution in [0.25, 0.3) is 0 Å². The highest BCUT2D eigenvalue weighted by Gasteiger charge is 2.51. The molecule has 4 aliphatic carbocycles. The molecule has 4 rings (SSSR count). The van der Waals surface area contributed by atoms with Crippen LogP contribution in [0.1, 0.15) is 58.3 Å². The Bertz CT molecular complexity index is 273. The largest absolute Gasteiger partial charge is 0.465 e. The van der Waals surface area contributed by atoms with E-state index in [1.807, 2.05) is 6.92 Å². The van der Waals surface area contributed by atoms with Gasteiger partial charge in [-0.2, -0.15) is 0 Å². The zero-order chi connectivity index (χ0) is 11.9. The smallest absolute Gasteiger partial charge is 0.305 e. The van der Waals surface area contributed by atoms with Crippen LogP contribution in [0.3, 0.4) is 0 Å². The number of ether oxygens (including phenoxy) is 1. The molecule has 96 valence electrons. The molecule has 0 aromatic heterocycles. The van der Waals surface area contributed by atoms with Crippen LogP contribution in [0.15, 0.2) is 0 Å². The van der Waals surface area contributed by atoms with Gasteiger partial charge in [0.25, 0.3) is 0 Å². The third-order valence-corrected chi connectivity index (χ3v) is 5.16. The Hall–Kier alpha value is -0.530. The summed E-state index contributed by atoms with van der Waals surface area (Å²) in [6, 6.07) is 0. The van der Waals surface area contributed by atoms with Crippen LogP contribution in [0.5, 0.6) is 0 Å². The minimum Gasteiger partial charge on any atom is -0.465 e. The summed E-state index contributed by atoms with van der Waals surface area (Å²) in [5, 5.41) is 0. The Kier molecular flexibility index (Phi) is 2.92. The van der Waals surface area contributed by atoms with Gasteiger partial charge in [-0.3, -0.25) is 4.79 Å². The third-order valence-electron chi connectivity index (χ3n) is 5.16. The summed E-state index contributed by atoms with van der Waals surface area (Å²) in [5.41, 5.74) is 0.387. The van der Waals surface area contributed by atoms with Crippen LogP contribution in [-0.2, 0) is 9.53 Å². The molecule has 4 bridgehead atoms. The second kappa shape index (κ2) is 4.29. The van der Waals surface area contributed by atoms with E-state index in [1.165, 1.54) is 38.5 Å². The number of rotatable bonds is 4. The van der Waals surface area contributed by atoms with E-state index in [0.717, 1.165) is 30.8 Å². The first kappa shape index (κ1) is 11.6. The van der Waals surface area contributed by atoms with Gasteiger partial charge in [0.1, 0.15) is 0 Å². The van der Waals surface area contributed by atoms with Crippen molar-refractivity contribution in [3.63, 3.8) is 0 Å². The van der Waals surface area contributed by atoms with Crippen LogP contribution in [0, 0.1) is 23.2 Å². The average molecular weight is 236 g/mol. The number of hydrogen-bond donors (Lipinski definition) is 0. The molecule has 0 radical (unpaired) electrons. The fourth-order valence-electron chi connectivity index (χ4n) is 4.98. The van der Waals surface area contributed by atoms with Crippen molar-refractivity contribution in [3.8, 4) is 0 Å². The topological polar surface area (TPSA) is 26.3 Å². The first-order chi connectivity index (χ1) is 8.19. The SMILES string of the molecule is CCCC(=O)OCC12CC3CC(CC(C3)C1)C2. The van der Waals surface area contributed by atoms with Crippen LogP contribution in [0.4, 0.5) is 0 Å². The van der Waals surface area contributed by atoms with Crippen LogP contribution < -0.4 is 0 Å². The van der Waals surface area contributed by atoms with Gasteiger partial charge in [-0.05, 0) is 62.7 Å². The Labute approximate surface area is 104 Å². The predicted molar refractivity (Wildman–Crippen MR) is 66.5 cm³/mol. The van der Waals surface area contributed by atoms with Crippen molar-refractivity contribution < 1.29 is 9.53 Å². The minimum absolute atomic E-state index is 0.0169. The molecule has 0 saturated heterocycles. The Morgan fingerprint density at radius 1 is 1.12 bits per heavy atom. The number of carbonyl (C=O) groups excluding carboxylic acids is 1. The van der Waals surface area contributed by atoms with E-state index in [0.29, 0.717) is 11.8 Å². The first-order valence-corrected chi connectivity index (χ1v) is 7.35. The van der Waals surface area contributed by atoms with Crippen molar-refractivity contribution in [1.29, 1.82) is 0 Å². The Morgan fingerprint density at radius 2 is 1.65 bits per heavy atom. The summed E-state index contributed by atoms with van der Waals surface area (Å²) in [6.45, 7) is 2.75. The van der Waals surface area contributed by atoms with Crippen molar-refractivity contribution in [2.75, 3.05) is 6.61 Å². The number of hydrogen-bond acceptors (Lipinski definition) is 2. The number of carbonyl (C=O) groups is 1. The normalized spacial score (nSPS) is 42.8. The molecular weight excluding hydrogens is 212 g/mol. The lowest BCUT2D eigenvalue weighted by molar-refractivity contribution is -0.155. The van der Waals surface area contributed by atoms with Gasteiger partial charge in [-0.15, -0.1) is 0 Å². The van der Waals surface area contributed by atoms with Crippen molar-refractivity contribution in [2.45, 2.75) is 58.3 Å². The maximum Gasteiger partial charge on any atom is 0.305 e. The summed E-state index contributed by atoms with van der Waals surface area (Å²) in [6.07, 6.45) is 9.87. The zero-order valence-electron chi connectivity index (χ0n) is 10.9. The third kappa shape index (κ3) is 2.23. The molecule has 0 unspecified atom stereocenters. The summed E-state index contributed by atoms with van der Waals surface area (Å²) in [7, 11) is 0. The van der Waals surface area contributed by atoms with Gasteiger partial charge in [-0.1, -0.05) is 6.92 Å². The highest BCUT2D eigenvalue weighted by molar-refractivity contribution is 5.69. The van der Waals surface area contributed by atoms with Crippen molar-refractivity contribution in [1.82, 2.24) is 0 Å². The molecule has 0 amide bonds. The Morgan fingerprint density at radius 3 is 2.12 bits per heavy atom. The molecule has 4 fully saturated rings. The lowest BCUT2D eigenvalue weighted by Gasteiger charge is -2.56. The summed E-state index contributed by atoms with van der Waals surface area (Å²) in [5.74, 6) is 2.87. The van der Waals surface area contributed by atoms with Crippen LogP contribution in [-0.4, -0.2) is 12.6 Å². The lowest BCUT2D eigenvalue weighted by Crippen LogP contribution is -2.48. The molecule has 4 saturated carbocycles. The summed E-state index contributed by atoms with van der Waals surface area (Å²) in [4.78, 5) is 11.5. The highest BCUT2D eigenvalue weighted by atomic mass is 16.5. The van der Waals surface area contributed by atoms with E-state index in [1.54, 1.807) is 0 Å². The molecule has 0 aromatic rings. The fraction of sp³-hybridized carbons (Fsp3) is 0.933. The highest BCUT2D eigenvalue weighted by Crippen LogP contribution is 2.60. The Balaban J connectivity index is 1.60. The van der Waals surface area contributed by atoms with Gasteiger partial charge >= 0.3 is 5.97 Å². The minimum atomic E-state index is 0.0169. The van der Waals surface area contributed by atoms with E-state index in [9.17, 15) is 4.79 Å². The molecule has 0 aliphatic heterocycles. The maximum absolute atomic E-state index is 11.5. The monoisotopic (exact) mass is 236 g/mol. The quantitative estimate of drug-likeness (QED) is 0.698. The first-order valence-electron chi connectivity index (χ1n) is 7.35. The molecule has 0 heterocycles. The van der Waals surface area contributed by atoms with Gasteiger partial charge in [0.2, 0.25) is 0 Å². The van der Waals surface area contributed by atoms with Gasteiger partial charge in [0.15, 0.2) is 0 Å². The number of esters is 1. The maximum atomic E-state index is 11.5. The molecule has 0 spiro atoms. The standard InChI is InChI=1S/C15H24O2/c1-2-3-14(16)17-10-15-7-11-4-12(8-15)6-13(5-11)9-15/h11-13H,2-10H2,1H3. The average Bonchev–Trinajstić information content (AvgIpc) is 2.25. The molecule has 0 N–H and O–H groups in total. The second-order valence-electron chi connectivity index (χ2n) is 6.83. The zero-order valence-corrected chi connectivity index (χ0v) is 10.9. The second-order valence-corrected chi connectivity index (χ2v) is 6.83. The van der Waals surface area contributed by atoms with E-state index < -0.39 is 0 Å². The molecule has 0 aromatic carbocycles. The van der Waals surface area contributed by atoms with Gasteiger partial charge in [0, 0.05) is 11.8 Å². The molecule has 0 atom stereocenters. The molecule has 2 heteroatoms. The van der Waals surface area contributed by atoms with E-state index in [2.05, 4.69) is 0 Å². The van der Waals surface area contributed by atoms with Crippen LogP contribution in [0.2, 0.25) is 0 Å².